The standard InChI is InChI=1S/C12H22NO3/c1-4-12(14)16-10-11(3)13(5-2)6-8-15-9-7-13/h4,11H,1,5-10H2,2-3H3/q+1. The highest BCUT2D eigenvalue weighted by molar-refractivity contribution is 5.81. The second-order valence-corrected chi connectivity index (χ2v) is 4.28. The van der Waals surface area contributed by atoms with Gasteiger partial charge in [0.2, 0.25) is 0 Å². The molecule has 0 N–H and O–H groups in total. The largest absolute Gasteiger partial charge is 0.456 e. The van der Waals surface area contributed by atoms with Gasteiger partial charge in [0.05, 0.1) is 19.8 Å². The molecule has 1 heterocycles. The summed E-state index contributed by atoms with van der Waals surface area (Å²) >= 11 is 0. The van der Waals surface area contributed by atoms with E-state index >= 15 is 0 Å². The van der Waals surface area contributed by atoms with E-state index in [9.17, 15) is 4.79 Å². The van der Waals surface area contributed by atoms with E-state index in [1.165, 1.54) is 6.08 Å². The minimum absolute atomic E-state index is 0.317. The molecule has 0 aromatic carbocycles. The lowest BCUT2D eigenvalue weighted by molar-refractivity contribution is -0.954. The molecule has 1 rings (SSSR count). The topological polar surface area (TPSA) is 35.5 Å². The average molecular weight is 228 g/mol. The number of ether oxygens (including phenoxy) is 2. The summed E-state index contributed by atoms with van der Waals surface area (Å²) in [6.45, 7) is 12.8. The van der Waals surface area contributed by atoms with Gasteiger partial charge < -0.3 is 14.0 Å². The second-order valence-electron chi connectivity index (χ2n) is 4.28. The average Bonchev–Trinajstić information content (AvgIpc) is 2.36. The predicted octanol–water partition coefficient (Wildman–Crippen LogP) is 0.971. The third kappa shape index (κ3) is 3.06. The Morgan fingerprint density at radius 3 is 2.69 bits per heavy atom. The van der Waals surface area contributed by atoms with Crippen molar-refractivity contribution in [2.24, 2.45) is 0 Å². The fourth-order valence-corrected chi connectivity index (χ4v) is 2.20. The molecule has 92 valence electrons. The molecular weight excluding hydrogens is 206 g/mol. The number of morpholine rings is 1. The number of quaternary nitrogens is 1. The Kier molecular flexibility index (Phi) is 4.96. The van der Waals surface area contributed by atoms with E-state index in [1.54, 1.807) is 0 Å². The highest BCUT2D eigenvalue weighted by Gasteiger charge is 2.34. The molecule has 0 aromatic rings. The molecule has 0 saturated carbocycles. The molecule has 4 heteroatoms. The Morgan fingerprint density at radius 1 is 1.56 bits per heavy atom. The SMILES string of the molecule is C=CC(=O)OCC(C)[N+]1(CC)CCOCC1. The smallest absolute Gasteiger partial charge is 0.330 e. The van der Waals surface area contributed by atoms with Crippen LogP contribution in [0.2, 0.25) is 0 Å². The van der Waals surface area contributed by atoms with E-state index in [0.29, 0.717) is 12.6 Å². The first-order valence-corrected chi connectivity index (χ1v) is 5.87. The van der Waals surface area contributed by atoms with Crippen molar-refractivity contribution in [3.05, 3.63) is 12.7 Å². The Bertz CT molecular complexity index is 247. The quantitative estimate of drug-likeness (QED) is 0.399. The van der Waals surface area contributed by atoms with Crippen LogP contribution in [0.15, 0.2) is 12.7 Å². The highest BCUT2D eigenvalue weighted by Crippen LogP contribution is 2.17. The van der Waals surface area contributed by atoms with Crippen molar-refractivity contribution in [3.8, 4) is 0 Å². The number of nitrogens with zero attached hydrogens (tertiary/aromatic N) is 1. The first-order valence-electron chi connectivity index (χ1n) is 5.87. The van der Waals surface area contributed by atoms with Gasteiger partial charge in [-0.05, 0) is 13.8 Å². The van der Waals surface area contributed by atoms with Crippen molar-refractivity contribution in [1.29, 1.82) is 0 Å². The fraction of sp³-hybridized carbons (Fsp3) is 0.750. The lowest BCUT2D eigenvalue weighted by Crippen LogP contribution is -2.61. The molecule has 1 saturated heterocycles. The predicted molar refractivity (Wildman–Crippen MR) is 62.0 cm³/mol. The lowest BCUT2D eigenvalue weighted by Gasteiger charge is -2.44. The first-order chi connectivity index (χ1) is 7.64. The molecule has 0 bridgehead atoms. The minimum atomic E-state index is -0.339. The lowest BCUT2D eigenvalue weighted by atomic mass is 10.2. The molecule has 1 unspecified atom stereocenters. The second kappa shape index (κ2) is 6.01. The van der Waals surface area contributed by atoms with Crippen LogP contribution in [-0.4, -0.2) is 55.9 Å². The maximum Gasteiger partial charge on any atom is 0.330 e. The van der Waals surface area contributed by atoms with Crippen LogP contribution < -0.4 is 0 Å². The maximum absolute atomic E-state index is 11.0. The normalized spacial score (nSPS) is 21.1. The summed E-state index contributed by atoms with van der Waals surface area (Å²) in [7, 11) is 0. The molecule has 1 aliphatic heterocycles. The molecule has 1 fully saturated rings. The third-order valence-corrected chi connectivity index (χ3v) is 3.56. The highest BCUT2D eigenvalue weighted by atomic mass is 16.5. The van der Waals surface area contributed by atoms with Gasteiger partial charge in [-0.2, -0.15) is 0 Å². The van der Waals surface area contributed by atoms with Crippen LogP contribution in [0, 0.1) is 0 Å². The van der Waals surface area contributed by atoms with Gasteiger partial charge in [0.1, 0.15) is 25.7 Å². The van der Waals surface area contributed by atoms with Gasteiger partial charge in [-0.25, -0.2) is 4.79 Å². The monoisotopic (exact) mass is 228 g/mol. The van der Waals surface area contributed by atoms with Crippen molar-refractivity contribution in [3.63, 3.8) is 0 Å². The fourth-order valence-electron chi connectivity index (χ4n) is 2.20. The summed E-state index contributed by atoms with van der Waals surface area (Å²) in [4.78, 5) is 11.0. The number of carbonyl (C=O) groups is 1. The van der Waals surface area contributed by atoms with Crippen molar-refractivity contribution >= 4 is 5.97 Å². The number of rotatable bonds is 5. The van der Waals surface area contributed by atoms with Gasteiger partial charge in [0, 0.05) is 6.08 Å². The van der Waals surface area contributed by atoms with E-state index in [1.807, 2.05) is 0 Å². The molecule has 1 aliphatic rings. The molecule has 16 heavy (non-hydrogen) atoms. The van der Waals surface area contributed by atoms with Crippen LogP contribution in [0.4, 0.5) is 0 Å². The Hall–Kier alpha value is -0.870. The summed E-state index contributed by atoms with van der Waals surface area (Å²) in [5, 5.41) is 0. The zero-order chi connectivity index (χ0) is 12.0. The first kappa shape index (κ1) is 13.2. The summed E-state index contributed by atoms with van der Waals surface area (Å²) in [6.07, 6.45) is 1.21. The molecule has 0 amide bonds. The van der Waals surface area contributed by atoms with Crippen LogP contribution in [0.3, 0.4) is 0 Å². The van der Waals surface area contributed by atoms with Crippen molar-refractivity contribution in [1.82, 2.24) is 0 Å². The van der Waals surface area contributed by atoms with E-state index in [2.05, 4.69) is 20.4 Å². The van der Waals surface area contributed by atoms with Crippen LogP contribution in [0.5, 0.6) is 0 Å². The van der Waals surface area contributed by atoms with Crippen LogP contribution >= 0.6 is 0 Å². The summed E-state index contributed by atoms with van der Waals surface area (Å²) < 4.78 is 11.5. The van der Waals surface area contributed by atoms with E-state index in [0.717, 1.165) is 37.3 Å². The van der Waals surface area contributed by atoms with E-state index < -0.39 is 0 Å². The summed E-state index contributed by atoms with van der Waals surface area (Å²) in [5.41, 5.74) is 0. The van der Waals surface area contributed by atoms with Gasteiger partial charge in [-0.3, -0.25) is 0 Å². The number of hydrogen-bond acceptors (Lipinski definition) is 3. The van der Waals surface area contributed by atoms with Gasteiger partial charge in [-0.1, -0.05) is 6.58 Å². The van der Waals surface area contributed by atoms with Gasteiger partial charge in [0.25, 0.3) is 0 Å². The zero-order valence-electron chi connectivity index (χ0n) is 10.3. The number of carbonyl (C=O) groups excluding carboxylic acids is 1. The van der Waals surface area contributed by atoms with Gasteiger partial charge in [-0.15, -0.1) is 0 Å². The zero-order valence-corrected chi connectivity index (χ0v) is 10.3. The van der Waals surface area contributed by atoms with Crippen LogP contribution in [-0.2, 0) is 14.3 Å². The maximum atomic E-state index is 11.0. The van der Waals surface area contributed by atoms with Crippen LogP contribution in [0.25, 0.3) is 0 Å². The Balaban J connectivity index is 2.51. The number of likely N-dealkylation sites (N-methyl/N-ethyl adjacent to an activating group) is 1. The third-order valence-electron chi connectivity index (χ3n) is 3.56. The minimum Gasteiger partial charge on any atom is -0.456 e. The van der Waals surface area contributed by atoms with Crippen molar-refractivity contribution < 1.29 is 18.8 Å². The van der Waals surface area contributed by atoms with Crippen molar-refractivity contribution in [2.45, 2.75) is 19.9 Å². The Morgan fingerprint density at radius 2 is 2.19 bits per heavy atom. The summed E-state index contributed by atoms with van der Waals surface area (Å²) in [6, 6.07) is 0.317. The number of hydrogen-bond donors (Lipinski definition) is 0. The number of esters is 1. The summed E-state index contributed by atoms with van der Waals surface area (Å²) in [5.74, 6) is -0.339. The Labute approximate surface area is 97.4 Å². The molecule has 0 aromatic heterocycles. The molecule has 0 radical (unpaired) electrons. The molecule has 0 aliphatic carbocycles. The molecule has 1 atom stereocenters. The molecular formula is C12H22NO3+. The van der Waals surface area contributed by atoms with E-state index in [4.69, 9.17) is 9.47 Å². The van der Waals surface area contributed by atoms with Gasteiger partial charge in [0.15, 0.2) is 0 Å². The van der Waals surface area contributed by atoms with Crippen molar-refractivity contribution in [2.75, 3.05) is 39.5 Å². The molecule has 0 spiro atoms. The van der Waals surface area contributed by atoms with Gasteiger partial charge >= 0.3 is 5.97 Å². The van der Waals surface area contributed by atoms with E-state index in [-0.39, 0.29) is 5.97 Å². The van der Waals surface area contributed by atoms with Crippen LogP contribution in [0.1, 0.15) is 13.8 Å². The molecule has 4 nitrogen and oxygen atoms in total.